The number of nitrogens with zero attached hydrogens (tertiary/aromatic N) is 1. The van der Waals surface area contributed by atoms with Crippen molar-refractivity contribution in [3.63, 3.8) is 0 Å². The third-order valence-corrected chi connectivity index (χ3v) is 5.57. The van der Waals surface area contributed by atoms with Gasteiger partial charge in [-0.2, -0.15) is 0 Å². The number of aryl methyl sites for hydroxylation is 1. The lowest BCUT2D eigenvalue weighted by atomic mass is 10.2. The molecule has 0 unspecified atom stereocenters. The molecule has 2 aromatic rings. The first-order chi connectivity index (χ1) is 9.29. The monoisotopic (exact) mass is 375 g/mol. The molecule has 3 N–H and O–H groups in total. The summed E-state index contributed by atoms with van der Waals surface area (Å²) in [5.74, 6) is 0. The van der Waals surface area contributed by atoms with Crippen LogP contribution >= 0.6 is 27.3 Å². The predicted molar refractivity (Wildman–Crippen MR) is 84.2 cm³/mol. The van der Waals surface area contributed by atoms with Gasteiger partial charge in [-0.05, 0) is 31.5 Å². The molecule has 0 saturated heterocycles. The molecular formula is C12H14BrN3O2S2. The summed E-state index contributed by atoms with van der Waals surface area (Å²) in [6.45, 7) is 3.73. The number of benzene rings is 1. The fourth-order valence-corrected chi connectivity index (χ4v) is 4.23. The number of aromatic nitrogens is 1. The highest BCUT2D eigenvalue weighted by molar-refractivity contribution is 9.10. The molecule has 1 heterocycles. The number of thiazole rings is 1. The van der Waals surface area contributed by atoms with Crippen molar-refractivity contribution in [1.82, 2.24) is 9.71 Å². The maximum Gasteiger partial charge on any atom is 0.241 e. The Bertz CT molecular complexity index is 741. The van der Waals surface area contributed by atoms with E-state index in [0.29, 0.717) is 21.4 Å². The minimum atomic E-state index is -3.62. The van der Waals surface area contributed by atoms with Crippen molar-refractivity contribution in [3.8, 4) is 0 Å². The summed E-state index contributed by atoms with van der Waals surface area (Å²) in [5, 5.41) is 2.74. The van der Waals surface area contributed by atoms with Gasteiger partial charge in [0.05, 0.1) is 22.1 Å². The summed E-state index contributed by atoms with van der Waals surface area (Å²) in [5.41, 5.74) is 7.47. The van der Waals surface area contributed by atoms with Crippen molar-refractivity contribution >= 4 is 43.0 Å². The van der Waals surface area contributed by atoms with Crippen molar-refractivity contribution < 1.29 is 8.42 Å². The van der Waals surface area contributed by atoms with Crippen LogP contribution in [0.3, 0.4) is 0 Å². The molecule has 108 valence electrons. The van der Waals surface area contributed by atoms with Crippen LogP contribution in [0.2, 0.25) is 0 Å². The molecule has 0 fully saturated rings. The van der Waals surface area contributed by atoms with Gasteiger partial charge >= 0.3 is 0 Å². The molecule has 0 aliphatic rings. The molecule has 0 aliphatic carbocycles. The molecule has 0 spiro atoms. The second kappa shape index (κ2) is 5.80. The zero-order valence-corrected chi connectivity index (χ0v) is 14.2. The zero-order valence-electron chi connectivity index (χ0n) is 11.0. The Morgan fingerprint density at radius 2 is 2.10 bits per heavy atom. The molecule has 0 amide bonds. The van der Waals surface area contributed by atoms with Gasteiger partial charge in [-0.15, -0.1) is 11.3 Å². The summed E-state index contributed by atoms with van der Waals surface area (Å²) in [7, 11) is -3.62. The highest BCUT2D eigenvalue weighted by atomic mass is 79.9. The van der Waals surface area contributed by atoms with Gasteiger partial charge in [0.25, 0.3) is 0 Å². The topological polar surface area (TPSA) is 85.1 Å². The summed E-state index contributed by atoms with van der Waals surface area (Å²) in [4.78, 5) is 4.40. The molecule has 0 atom stereocenters. The van der Waals surface area contributed by atoms with Crippen LogP contribution in [-0.4, -0.2) is 13.4 Å². The average molecular weight is 376 g/mol. The molecule has 1 aromatic carbocycles. The quantitative estimate of drug-likeness (QED) is 0.804. The number of nitrogens with two attached hydrogens (primary N) is 1. The van der Waals surface area contributed by atoms with Crippen LogP contribution in [0.4, 0.5) is 5.69 Å². The smallest absolute Gasteiger partial charge is 0.241 e. The summed E-state index contributed by atoms with van der Waals surface area (Å²) >= 11 is 4.74. The first-order valence-corrected chi connectivity index (χ1v) is 8.91. The molecule has 20 heavy (non-hydrogen) atoms. The van der Waals surface area contributed by atoms with Gasteiger partial charge in [0.1, 0.15) is 0 Å². The summed E-state index contributed by atoms with van der Waals surface area (Å²) < 4.78 is 27.8. The van der Waals surface area contributed by atoms with E-state index in [0.717, 1.165) is 5.01 Å². The fraction of sp³-hybridized carbons (Fsp3) is 0.250. The van der Waals surface area contributed by atoms with E-state index in [-0.39, 0.29) is 11.4 Å². The third kappa shape index (κ3) is 3.38. The lowest BCUT2D eigenvalue weighted by Gasteiger charge is -2.11. The second-order valence-corrected chi connectivity index (χ2v) is 8.01. The van der Waals surface area contributed by atoms with Crippen molar-refractivity contribution in [1.29, 1.82) is 0 Å². The summed E-state index contributed by atoms with van der Waals surface area (Å²) in [6, 6.07) is 3.22. The molecule has 8 heteroatoms. The van der Waals surface area contributed by atoms with Gasteiger partial charge in [0.15, 0.2) is 0 Å². The Kier molecular flexibility index (Phi) is 4.48. The maximum absolute atomic E-state index is 12.3. The molecule has 2 rings (SSSR count). The molecule has 5 nitrogen and oxygen atoms in total. The van der Waals surface area contributed by atoms with Crippen molar-refractivity contribution in [3.05, 3.63) is 38.3 Å². The van der Waals surface area contributed by atoms with Crippen LogP contribution in [0.15, 0.2) is 26.9 Å². The van der Waals surface area contributed by atoms with Crippen LogP contribution in [0.5, 0.6) is 0 Å². The Labute approximate surface area is 130 Å². The van der Waals surface area contributed by atoms with E-state index in [1.165, 1.54) is 11.3 Å². The number of hydrogen-bond donors (Lipinski definition) is 2. The SMILES string of the molecule is Cc1nc(CNS(=O)(=O)c2cc(Br)cc(N)c2C)cs1. The first-order valence-electron chi connectivity index (χ1n) is 5.76. The minimum Gasteiger partial charge on any atom is -0.398 e. The van der Waals surface area contributed by atoms with Gasteiger partial charge in [-0.1, -0.05) is 15.9 Å². The third-order valence-electron chi connectivity index (χ3n) is 2.76. The lowest BCUT2D eigenvalue weighted by molar-refractivity contribution is 0.580. The number of nitrogens with one attached hydrogen (secondary N) is 1. The summed E-state index contributed by atoms with van der Waals surface area (Å²) in [6.07, 6.45) is 0. The van der Waals surface area contributed by atoms with E-state index in [1.807, 2.05) is 12.3 Å². The number of halogens is 1. The lowest BCUT2D eigenvalue weighted by Crippen LogP contribution is -2.24. The van der Waals surface area contributed by atoms with Crippen LogP contribution in [0.1, 0.15) is 16.3 Å². The van der Waals surface area contributed by atoms with E-state index in [1.54, 1.807) is 19.1 Å². The maximum atomic E-state index is 12.3. The number of sulfonamides is 1. The van der Waals surface area contributed by atoms with Crippen LogP contribution < -0.4 is 10.5 Å². The number of nitrogen functional groups attached to an aromatic ring is 1. The zero-order chi connectivity index (χ0) is 14.9. The van der Waals surface area contributed by atoms with E-state index in [9.17, 15) is 8.42 Å². The highest BCUT2D eigenvalue weighted by Crippen LogP contribution is 2.26. The second-order valence-electron chi connectivity index (χ2n) is 4.30. The van der Waals surface area contributed by atoms with Gasteiger partial charge in [0.2, 0.25) is 10.0 Å². The Hall–Kier alpha value is -0.960. The fourth-order valence-electron chi connectivity index (χ4n) is 1.69. The normalized spacial score (nSPS) is 11.8. The minimum absolute atomic E-state index is 0.165. The molecule has 1 aromatic heterocycles. The average Bonchev–Trinajstić information content (AvgIpc) is 2.77. The van der Waals surface area contributed by atoms with Gasteiger partial charge in [-0.3, -0.25) is 0 Å². The Balaban J connectivity index is 2.27. The predicted octanol–water partition coefficient (Wildman–Crippen LogP) is 2.58. The van der Waals surface area contributed by atoms with Gasteiger partial charge < -0.3 is 5.73 Å². The highest BCUT2D eigenvalue weighted by Gasteiger charge is 2.19. The molecule has 0 aliphatic heterocycles. The van der Waals surface area contributed by atoms with Crippen molar-refractivity contribution in [2.45, 2.75) is 25.3 Å². The van der Waals surface area contributed by atoms with E-state index in [4.69, 9.17) is 5.73 Å². The van der Waals surface area contributed by atoms with Crippen molar-refractivity contribution in [2.24, 2.45) is 0 Å². The van der Waals surface area contributed by atoms with Gasteiger partial charge in [-0.25, -0.2) is 18.1 Å². The van der Waals surface area contributed by atoms with Gasteiger partial charge in [0, 0.05) is 15.5 Å². The number of anilines is 1. The molecule has 0 saturated carbocycles. The molecular weight excluding hydrogens is 362 g/mol. The molecule has 0 bridgehead atoms. The largest absolute Gasteiger partial charge is 0.398 e. The molecule has 0 radical (unpaired) electrons. The standard InChI is InChI=1S/C12H14BrN3O2S2/c1-7-11(14)3-9(13)4-12(7)20(17,18)15-5-10-6-19-8(2)16-10/h3-4,6,15H,5,14H2,1-2H3. The Morgan fingerprint density at radius 3 is 2.70 bits per heavy atom. The van der Waals surface area contributed by atoms with Crippen LogP contribution in [-0.2, 0) is 16.6 Å². The van der Waals surface area contributed by atoms with E-state index < -0.39 is 10.0 Å². The Morgan fingerprint density at radius 1 is 1.40 bits per heavy atom. The van der Waals surface area contributed by atoms with Crippen LogP contribution in [0, 0.1) is 13.8 Å². The van der Waals surface area contributed by atoms with Crippen molar-refractivity contribution in [2.75, 3.05) is 5.73 Å². The van der Waals surface area contributed by atoms with Crippen LogP contribution in [0.25, 0.3) is 0 Å². The van der Waals surface area contributed by atoms with E-state index >= 15 is 0 Å². The van der Waals surface area contributed by atoms with E-state index in [2.05, 4.69) is 25.6 Å². The first kappa shape index (κ1) is 15.4. The number of rotatable bonds is 4. The number of hydrogen-bond acceptors (Lipinski definition) is 5.